The Balaban J connectivity index is 1.52. The van der Waals surface area contributed by atoms with E-state index in [1.54, 1.807) is 17.1 Å². The van der Waals surface area contributed by atoms with Crippen LogP contribution in [0, 0.1) is 0 Å². The van der Waals surface area contributed by atoms with Gasteiger partial charge < -0.3 is 10.2 Å². The molecule has 2 amide bonds. The van der Waals surface area contributed by atoms with Crippen molar-refractivity contribution in [3.05, 3.63) is 40.3 Å². The number of piperidine rings is 1. The smallest absolute Gasteiger partial charge is 0.257 e. The van der Waals surface area contributed by atoms with E-state index < -0.39 is 0 Å². The summed E-state index contributed by atoms with van der Waals surface area (Å²) in [5.74, 6) is -0.0104. The third-order valence-electron chi connectivity index (χ3n) is 4.28. The molecule has 2 aromatic rings. The fourth-order valence-electron chi connectivity index (χ4n) is 2.80. The van der Waals surface area contributed by atoms with Gasteiger partial charge in [0.2, 0.25) is 0 Å². The molecular formula is C17H22N4O2S. The van der Waals surface area contributed by atoms with E-state index in [0.29, 0.717) is 24.2 Å². The first-order chi connectivity index (χ1) is 11.5. The maximum atomic E-state index is 12.5. The number of aromatic nitrogens is 2. The average molecular weight is 346 g/mol. The van der Waals surface area contributed by atoms with Crippen molar-refractivity contribution in [3.8, 4) is 0 Å². The lowest BCUT2D eigenvalue weighted by molar-refractivity contribution is 0.0698. The van der Waals surface area contributed by atoms with E-state index in [1.165, 1.54) is 11.3 Å². The molecule has 24 heavy (non-hydrogen) atoms. The van der Waals surface area contributed by atoms with Crippen molar-refractivity contribution in [2.24, 2.45) is 0 Å². The van der Waals surface area contributed by atoms with E-state index >= 15 is 0 Å². The Labute approximate surface area is 145 Å². The number of carbonyl (C=O) groups excluding carboxylic acids is 2. The lowest BCUT2D eigenvalue weighted by Crippen LogP contribution is -2.46. The van der Waals surface area contributed by atoms with Gasteiger partial charge in [0.05, 0.1) is 11.8 Å². The molecule has 1 aliphatic rings. The standard InChI is InChI=1S/C17H22N4O2S/c1-12(2)21-10-14(9-18-21)17(23)20-6-3-15(4-7-20)19-16(22)13-5-8-24-11-13/h5,8-12,15H,3-4,6-7H2,1-2H3,(H,19,22). The van der Waals surface area contributed by atoms with Crippen LogP contribution >= 0.6 is 11.3 Å². The Morgan fingerprint density at radius 3 is 2.62 bits per heavy atom. The summed E-state index contributed by atoms with van der Waals surface area (Å²) in [5, 5.41) is 11.0. The van der Waals surface area contributed by atoms with Crippen LogP contribution < -0.4 is 5.32 Å². The van der Waals surface area contributed by atoms with Crippen molar-refractivity contribution in [3.63, 3.8) is 0 Å². The molecule has 1 aliphatic heterocycles. The van der Waals surface area contributed by atoms with Crippen LogP contribution in [0.15, 0.2) is 29.2 Å². The van der Waals surface area contributed by atoms with E-state index in [1.807, 2.05) is 35.6 Å². The third-order valence-corrected chi connectivity index (χ3v) is 4.96. The third kappa shape index (κ3) is 3.67. The molecule has 128 valence electrons. The molecular weight excluding hydrogens is 324 g/mol. The van der Waals surface area contributed by atoms with Gasteiger partial charge >= 0.3 is 0 Å². The van der Waals surface area contributed by atoms with Crippen LogP contribution in [0.3, 0.4) is 0 Å². The van der Waals surface area contributed by atoms with Gasteiger partial charge in [-0.2, -0.15) is 16.4 Å². The number of carbonyl (C=O) groups is 2. The highest BCUT2D eigenvalue weighted by molar-refractivity contribution is 7.08. The summed E-state index contributed by atoms with van der Waals surface area (Å²) >= 11 is 1.51. The van der Waals surface area contributed by atoms with Gasteiger partial charge in [-0.05, 0) is 38.1 Å². The quantitative estimate of drug-likeness (QED) is 0.925. The number of likely N-dealkylation sites (tertiary alicyclic amines) is 1. The van der Waals surface area contributed by atoms with Crippen LogP contribution in [0.25, 0.3) is 0 Å². The molecule has 7 heteroatoms. The van der Waals surface area contributed by atoms with Gasteiger partial charge in [-0.15, -0.1) is 0 Å². The second-order valence-corrected chi connectivity index (χ2v) is 7.13. The molecule has 0 unspecified atom stereocenters. The van der Waals surface area contributed by atoms with Crippen molar-refractivity contribution in [1.82, 2.24) is 20.0 Å². The summed E-state index contributed by atoms with van der Waals surface area (Å²) in [4.78, 5) is 26.5. The van der Waals surface area contributed by atoms with Gasteiger partial charge in [-0.1, -0.05) is 0 Å². The zero-order chi connectivity index (χ0) is 17.1. The van der Waals surface area contributed by atoms with Gasteiger partial charge in [0.1, 0.15) is 0 Å². The second-order valence-electron chi connectivity index (χ2n) is 6.35. The van der Waals surface area contributed by atoms with E-state index in [-0.39, 0.29) is 23.9 Å². The normalized spacial score (nSPS) is 15.7. The first kappa shape index (κ1) is 16.7. The Hall–Kier alpha value is -2.15. The molecule has 2 aromatic heterocycles. The second kappa shape index (κ2) is 7.17. The van der Waals surface area contributed by atoms with E-state index in [0.717, 1.165) is 12.8 Å². The molecule has 0 saturated carbocycles. The molecule has 3 rings (SSSR count). The molecule has 6 nitrogen and oxygen atoms in total. The predicted molar refractivity (Wildman–Crippen MR) is 93.3 cm³/mol. The van der Waals surface area contributed by atoms with Crippen LogP contribution in [0.5, 0.6) is 0 Å². The van der Waals surface area contributed by atoms with Crippen molar-refractivity contribution in [2.45, 2.75) is 38.8 Å². The van der Waals surface area contributed by atoms with E-state index in [4.69, 9.17) is 0 Å². The average Bonchev–Trinajstić information content (AvgIpc) is 3.26. The number of hydrogen-bond donors (Lipinski definition) is 1. The van der Waals surface area contributed by atoms with Crippen molar-refractivity contribution in [2.75, 3.05) is 13.1 Å². The summed E-state index contributed by atoms with van der Waals surface area (Å²) in [6.07, 6.45) is 4.99. The Morgan fingerprint density at radius 1 is 1.29 bits per heavy atom. The Kier molecular flexibility index (Phi) is 4.99. The Bertz CT molecular complexity index is 700. The molecule has 1 saturated heterocycles. The summed E-state index contributed by atoms with van der Waals surface area (Å²) < 4.78 is 1.79. The molecule has 1 fully saturated rings. The minimum absolute atomic E-state index is 0.0181. The number of thiophene rings is 1. The van der Waals surface area contributed by atoms with Crippen molar-refractivity contribution >= 4 is 23.2 Å². The topological polar surface area (TPSA) is 67.2 Å². The Morgan fingerprint density at radius 2 is 2.04 bits per heavy atom. The molecule has 3 heterocycles. The minimum atomic E-state index is -0.0285. The summed E-state index contributed by atoms with van der Waals surface area (Å²) in [6.45, 7) is 5.37. The highest BCUT2D eigenvalue weighted by Gasteiger charge is 2.25. The summed E-state index contributed by atoms with van der Waals surface area (Å²) in [5.41, 5.74) is 1.34. The van der Waals surface area contributed by atoms with E-state index in [9.17, 15) is 9.59 Å². The van der Waals surface area contributed by atoms with Crippen LogP contribution in [-0.4, -0.2) is 45.6 Å². The lowest BCUT2D eigenvalue weighted by Gasteiger charge is -2.32. The number of nitrogens with one attached hydrogen (secondary N) is 1. The first-order valence-corrected chi connectivity index (χ1v) is 9.15. The SMILES string of the molecule is CC(C)n1cc(C(=O)N2CCC(NC(=O)c3ccsc3)CC2)cn1. The first-order valence-electron chi connectivity index (χ1n) is 8.21. The largest absolute Gasteiger partial charge is 0.349 e. The molecule has 0 radical (unpaired) electrons. The fraction of sp³-hybridized carbons (Fsp3) is 0.471. The number of rotatable bonds is 4. The molecule has 0 spiro atoms. The van der Waals surface area contributed by atoms with Gasteiger partial charge in [0.15, 0.2) is 0 Å². The van der Waals surface area contributed by atoms with Crippen molar-refractivity contribution < 1.29 is 9.59 Å². The maximum absolute atomic E-state index is 12.5. The molecule has 1 N–H and O–H groups in total. The zero-order valence-electron chi connectivity index (χ0n) is 13.9. The lowest BCUT2D eigenvalue weighted by atomic mass is 10.0. The maximum Gasteiger partial charge on any atom is 0.257 e. The van der Waals surface area contributed by atoms with Gasteiger partial charge in [-0.25, -0.2) is 0 Å². The highest BCUT2D eigenvalue weighted by Crippen LogP contribution is 2.16. The number of nitrogens with zero attached hydrogens (tertiary/aromatic N) is 3. The zero-order valence-corrected chi connectivity index (χ0v) is 14.8. The monoisotopic (exact) mass is 346 g/mol. The highest BCUT2D eigenvalue weighted by atomic mass is 32.1. The van der Waals surface area contributed by atoms with Crippen LogP contribution in [0.2, 0.25) is 0 Å². The van der Waals surface area contributed by atoms with Gasteiger partial charge in [-0.3, -0.25) is 14.3 Å². The molecule has 0 aliphatic carbocycles. The molecule has 0 atom stereocenters. The van der Waals surface area contributed by atoms with Crippen LogP contribution in [0.4, 0.5) is 0 Å². The summed E-state index contributed by atoms with van der Waals surface area (Å²) in [7, 11) is 0. The van der Waals surface area contributed by atoms with Gasteiger partial charge in [0, 0.05) is 42.3 Å². The van der Waals surface area contributed by atoms with Crippen LogP contribution in [-0.2, 0) is 0 Å². The van der Waals surface area contributed by atoms with Crippen LogP contribution in [0.1, 0.15) is 53.4 Å². The minimum Gasteiger partial charge on any atom is -0.349 e. The number of amides is 2. The number of hydrogen-bond acceptors (Lipinski definition) is 4. The fourth-order valence-corrected chi connectivity index (χ4v) is 3.44. The summed E-state index contributed by atoms with van der Waals surface area (Å²) in [6, 6.07) is 2.19. The molecule has 0 bridgehead atoms. The molecule has 0 aromatic carbocycles. The predicted octanol–water partition coefficient (Wildman–Crippen LogP) is 2.56. The van der Waals surface area contributed by atoms with Gasteiger partial charge in [0.25, 0.3) is 11.8 Å². The van der Waals surface area contributed by atoms with Crippen molar-refractivity contribution in [1.29, 1.82) is 0 Å². The van der Waals surface area contributed by atoms with E-state index in [2.05, 4.69) is 10.4 Å².